The van der Waals surface area contributed by atoms with Gasteiger partial charge in [-0.25, -0.2) is 14.6 Å². The molecule has 0 aliphatic rings. The maximum absolute atomic E-state index is 10.6. The Hall–Kier alpha value is -2.78. The predicted molar refractivity (Wildman–Crippen MR) is 82.1 cm³/mol. The number of carboxylic acid groups (broad SMARTS) is 3. The molecule has 0 saturated heterocycles. The number of aliphatic carboxylic acids is 3. The Kier molecular flexibility index (Phi) is 12.7. The van der Waals surface area contributed by atoms with Crippen LogP contribution >= 0.6 is 0 Å². The molecule has 0 heterocycles. The maximum Gasteiger partial charge on any atom is 0.490 e. The number of carboxylic acids is 3. The van der Waals surface area contributed by atoms with Crippen LogP contribution in [-0.4, -0.2) is 63.1 Å². The molecule has 0 aromatic rings. The Bertz CT molecular complexity index is 534. The van der Waals surface area contributed by atoms with Crippen LogP contribution < -0.4 is 17.2 Å². The number of hydrogen-bond acceptors (Lipinski definition) is 5. The molecule has 0 aliphatic heterocycles. The third-order valence-electron chi connectivity index (χ3n) is 2.30. The van der Waals surface area contributed by atoms with Crippen molar-refractivity contribution in [3.8, 4) is 0 Å². The predicted octanol–water partition coefficient (Wildman–Crippen LogP) is 0.497. The van der Waals surface area contributed by atoms with Crippen LogP contribution in [-0.2, 0) is 14.4 Å². The number of guanidine groups is 1. The smallest absolute Gasteiger partial charge is 0.480 e. The number of alkyl halides is 6. The molecule has 0 fully saturated rings. The third-order valence-corrected chi connectivity index (χ3v) is 2.30. The molecule has 0 bridgehead atoms. The average Bonchev–Trinajstić information content (AvgIpc) is 2.42. The Labute approximate surface area is 154 Å². The molecule has 0 saturated carbocycles. The zero-order chi connectivity index (χ0) is 23.5. The molecule has 0 rings (SSSR count). The zero-order valence-corrected chi connectivity index (χ0v) is 14.5. The Morgan fingerprint density at radius 3 is 1.36 bits per heavy atom. The highest BCUT2D eigenvalue weighted by Crippen LogP contribution is 2.17. The Morgan fingerprint density at radius 1 is 0.893 bits per heavy atom. The monoisotopic (exact) mass is 430 g/mol. The minimum absolute atomic E-state index is 0.00102. The van der Waals surface area contributed by atoms with Gasteiger partial charge in [0.15, 0.2) is 5.96 Å². The Morgan fingerprint density at radius 2 is 1.18 bits per heavy atom. The molecule has 0 spiro atoms. The third kappa shape index (κ3) is 19.5. The summed E-state index contributed by atoms with van der Waals surface area (Å²) in [5.41, 5.74) is 15.3. The lowest BCUT2D eigenvalue weighted by Crippen LogP contribution is -2.34. The molecule has 0 aromatic carbocycles. The molecule has 1 atom stereocenters. The SMILES string of the molecule is CC(C)(CC[C@H](N)C(=O)O)N=C(N)N.O=C(O)C(F)(F)F.O=C(O)C(F)(F)F. The van der Waals surface area contributed by atoms with E-state index in [1.165, 1.54) is 0 Å². The molecule has 0 aromatic heterocycles. The molecular formula is C12H20F6N4O6. The summed E-state index contributed by atoms with van der Waals surface area (Å²) in [4.78, 5) is 32.2. The van der Waals surface area contributed by atoms with Crippen molar-refractivity contribution in [2.24, 2.45) is 22.2 Å². The standard InChI is InChI=1S/C8H18N4O2.2C2HF3O2/c1-8(2,12-7(10)11)4-3-5(9)6(13)14;2*3-2(4,5)1(6)7/h5H,3-4,9H2,1-2H3,(H,13,14)(H4,10,11,12);2*(H,6,7)/t5-;;/m0../s1. The van der Waals surface area contributed by atoms with E-state index in [4.69, 9.17) is 42.1 Å². The van der Waals surface area contributed by atoms with Crippen LogP contribution in [0.2, 0.25) is 0 Å². The van der Waals surface area contributed by atoms with Gasteiger partial charge in [-0.05, 0) is 26.7 Å². The number of nitrogens with zero attached hydrogens (tertiary/aromatic N) is 1. The van der Waals surface area contributed by atoms with Crippen molar-refractivity contribution in [1.29, 1.82) is 0 Å². The molecule has 16 heteroatoms. The minimum Gasteiger partial charge on any atom is -0.480 e. The summed E-state index contributed by atoms with van der Waals surface area (Å²) in [6, 6.07) is -0.858. The summed E-state index contributed by atoms with van der Waals surface area (Å²) in [6.45, 7) is 3.64. The first-order chi connectivity index (χ1) is 12.1. The second-order valence-electron chi connectivity index (χ2n) is 5.44. The number of hydrogen-bond donors (Lipinski definition) is 6. The van der Waals surface area contributed by atoms with E-state index < -0.39 is 41.8 Å². The number of carbonyl (C=O) groups is 3. The van der Waals surface area contributed by atoms with Gasteiger partial charge in [0, 0.05) is 0 Å². The van der Waals surface area contributed by atoms with Gasteiger partial charge in [0.2, 0.25) is 0 Å². The topological polar surface area (TPSA) is 202 Å². The molecule has 0 radical (unpaired) electrons. The van der Waals surface area contributed by atoms with E-state index in [2.05, 4.69) is 4.99 Å². The van der Waals surface area contributed by atoms with Crippen LogP contribution in [0, 0.1) is 0 Å². The van der Waals surface area contributed by atoms with Crippen LogP contribution in [0.3, 0.4) is 0 Å². The van der Waals surface area contributed by atoms with E-state index in [1.807, 2.05) is 13.8 Å². The van der Waals surface area contributed by atoms with Gasteiger partial charge in [-0.15, -0.1) is 0 Å². The second kappa shape index (κ2) is 11.8. The van der Waals surface area contributed by atoms with Gasteiger partial charge in [-0.3, -0.25) is 4.79 Å². The number of nitrogens with two attached hydrogens (primary N) is 3. The Balaban J connectivity index is -0.000000375. The number of aliphatic imine (C=N–C) groups is 1. The summed E-state index contributed by atoms with van der Waals surface area (Å²) in [5, 5.41) is 22.8. The van der Waals surface area contributed by atoms with Crippen molar-refractivity contribution in [3.05, 3.63) is 0 Å². The van der Waals surface area contributed by atoms with Crippen molar-refractivity contribution in [1.82, 2.24) is 0 Å². The van der Waals surface area contributed by atoms with Crippen molar-refractivity contribution < 1.29 is 56.0 Å². The van der Waals surface area contributed by atoms with Crippen molar-refractivity contribution in [2.75, 3.05) is 0 Å². The summed E-state index contributed by atoms with van der Waals surface area (Å²) >= 11 is 0. The van der Waals surface area contributed by atoms with Crippen LogP contribution in [0.5, 0.6) is 0 Å². The van der Waals surface area contributed by atoms with Gasteiger partial charge in [-0.1, -0.05) is 0 Å². The fourth-order valence-corrected chi connectivity index (χ4v) is 1.04. The first kappa shape index (κ1) is 30.0. The van der Waals surface area contributed by atoms with Gasteiger partial charge in [0.05, 0.1) is 5.54 Å². The van der Waals surface area contributed by atoms with Gasteiger partial charge < -0.3 is 32.5 Å². The van der Waals surface area contributed by atoms with Crippen LogP contribution in [0.1, 0.15) is 26.7 Å². The highest BCUT2D eigenvalue weighted by Gasteiger charge is 2.38. The van der Waals surface area contributed by atoms with Gasteiger partial charge in [0.1, 0.15) is 6.04 Å². The lowest BCUT2D eigenvalue weighted by molar-refractivity contribution is -0.193. The van der Waals surface area contributed by atoms with E-state index in [0.29, 0.717) is 12.8 Å². The lowest BCUT2D eigenvalue weighted by Gasteiger charge is -2.20. The fraction of sp³-hybridized carbons (Fsp3) is 0.667. The van der Waals surface area contributed by atoms with E-state index in [0.717, 1.165) is 0 Å². The van der Waals surface area contributed by atoms with Gasteiger partial charge in [-0.2, -0.15) is 26.3 Å². The van der Waals surface area contributed by atoms with E-state index in [1.54, 1.807) is 0 Å². The largest absolute Gasteiger partial charge is 0.490 e. The summed E-state index contributed by atoms with van der Waals surface area (Å²) < 4.78 is 63.5. The van der Waals surface area contributed by atoms with E-state index >= 15 is 0 Å². The molecule has 10 nitrogen and oxygen atoms in total. The molecule has 0 unspecified atom stereocenters. The van der Waals surface area contributed by atoms with E-state index in [-0.39, 0.29) is 5.96 Å². The number of rotatable bonds is 5. The van der Waals surface area contributed by atoms with Crippen LogP contribution in [0.15, 0.2) is 4.99 Å². The average molecular weight is 430 g/mol. The summed E-state index contributed by atoms with van der Waals surface area (Å²) in [7, 11) is 0. The van der Waals surface area contributed by atoms with Crippen LogP contribution in [0.25, 0.3) is 0 Å². The molecule has 166 valence electrons. The number of halogens is 6. The summed E-state index contributed by atoms with van der Waals surface area (Å²) in [5.74, 6) is -6.52. The lowest BCUT2D eigenvalue weighted by atomic mass is 9.96. The molecule has 0 amide bonds. The maximum atomic E-state index is 10.6. The second-order valence-corrected chi connectivity index (χ2v) is 5.44. The quantitative estimate of drug-likeness (QED) is 0.204. The van der Waals surface area contributed by atoms with Crippen LogP contribution in [0.4, 0.5) is 26.3 Å². The van der Waals surface area contributed by atoms with Crippen molar-refractivity contribution in [2.45, 2.75) is 50.6 Å². The molecule has 9 N–H and O–H groups in total. The molecule has 0 aliphatic carbocycles. The molecule has 28 heavy (non-hydrogen) atoms. The van der Waals surface area contributed by atoms with Gasteiger partial charge in [0.25, 0.3) is 0 Å². The minimum atomic E-state index is -5.08. The fourth-order valence-electron chi connectivity index (χ4n) is 1.04. The van der Waals surface area contributed by atoms with Crippen molar-refractivity contribution in [3.63, 3.8) is 0 Å². The summed E-state index contributed by atoms with van der Waals surface area (Å²) in [6.07, 6.45) is -9.29. The molecular weight excluding hydrogens is 410 g/mol. The normalized spacial score (nSPS) is 12.3. The van der Waals surface area contributed by atoms with E-state index in [9.17, 15) is 31.1 Å². The van der Waals surface area contributed by atoms with Crippen molar-refractivity contribution >= 4 is 23.9 Å². The zero-order valence-electron chi connectivity index (χ0n) is 14.5. The first-order valence-corrected chi connectivity index (χ1v) is 6.83. The highest BCUT2D eigenvalue weighted by atomic mass is 19.4. The first-order valence-electron chi connectivity index (χ1n) is 6.83. The van der Waals surface area contributed by atoms with Gasteiger partial charge >= 0.3 is 30.3 Å². The highest BCUT2D eigenvalue weighted by molar-refractivity contribution is 5.76.